The van der Waals surface area contributed by atoms with Crippen LogP contribution in [-0.4, -0.2) is 16.6 Å². The van der Waals surface area contributed by atoms with E-state index >= 15 is 0 Å². The minimum absolute atomic E-state index is 0.0891. The van der Waals surface area contributed by atoms with Gasteiger partial charge < -0.3 is 0 Å². The van der Waals surface area contributed by atoms with Crippen LogP contribution < -0.4 is 0 Å². The van der Waals surface area contributed by atoms with Crippen molar-refractivity contribution in [1.82, 2.24) is 0 Å². The van der Waals surface area contributed by atoms with Gasteiger partial charge in [-0.3, -0.25) is 10.1 Å². The molecule has 0 saturated heterocycles. The van der Waals surface area contributed by atoms with Crippen molar-refractivity contribution < 1.29 is 14.9 Å². The van der Waals surface area contributed by atoms with Crippen LogP contribution in [0.5, 0.6) is 0 Å². The molecule has 0 radical (unpaired) electrons. The molecule has 2 saturated carbocycles. The summed E-state index contributed by atoms with van der Waals surface area (Å²) >= 11 is 0. The molecule has 2 fully saturated rings. The zero-order valence-corrected chi connectivity index (χ0v) is 5.67. The van der Waals surface area contributed by atoms with Gasteiger partial charge in [-0.05, 0) is 25.2 Å². The van der Waals surface area contributed by atoms with E-state index in [4.69, 9.17) is 5.26 Å². The molecule has 0 aromatic carbocycles. The summed E-state index contributed by atoms with van der Waals surface area (Å²) in [6.07, 6.45) is 3.10. The lowest BCUT2D eigenvalue weighted by Crippen LogP contribution is -2.34. The molecular weight excluding hydrogens is 132 g/mol. The van der Waals surface area contributed by atoms with Crippen molar-refractivity contribution in [2.75, 3.05) is 0 Å². The first-order chi connectivity index (χ1) is 4.77. The highest BCUT2D eigenvalue weighted by molar-refractivity contribution is 5.90. The van der Waals surface area contributed by atoms with Gasteiger partial charge in [-0.1, -0.05) is 0 Å². The highest BCUT2D eigenvalue weighted by Crippen LogP contribution is 2.46. The molecule has 2 unspecified atom stereocenters. The Kier molecular flexibility index (Phi) is 1.13. The number of hydrogen-bond donors (Lipinski definition) is 1. The molecule has 2 bridgehead atoms. The first-order valence-electron chi connectivity index (χ1n) is 3.63. The number of rotatable bonds is 1. The molecule has 2 aliphatic rings. The second-order valence-corrected chi connectivity index (χ2v) is 3.32. The zero-order chi connectivity index (χ0) is 7.19. The first kappa shape index (κ1) is 6.31. The van der Waals surface area contributed by atoms with E-state index in [0.717, 1.165) is 12.8 Å². The monoisotopic (exact) mass is 142 g/mol. The van der Waals surface area contributed by atoms with Crippen molar-refractivity contribution in [3.05, 3.63) is 0 Å². The fourth-order valence-electron chi connectivity index (χ4n) is 2.12. The van der Waals surface area contributed by atoms with Gasteiger partial charge in [-0.2, -0.15) is 0 Å². The third-order valence-electron chi connectivity index (χ3n) is 2.73. The van der Waals surface area contributed by atoms with Crippen molar-refractivity contribution >= 4 is 5.78 Å². The van der Waals surface area contributed by atoms with Gasteiger partial charge in [-0.25, -0.2) is 4.89 Å². The molecule has 10 heavy (non-hydrogen) atoms. The molecule has 0 aromatic heterocycles. The summed E-state index contributed by atoms with van der Waals surface area (Å²) in [5, 5.41) is 8.49. The summed E-state index contributed by atoms with van der Waals surface area (Å²) in [6.45, 7) is 0. The molecule has 0 aromatic rings. The molecule has 0 amide bonds. The average molecular weight is 142 g/mol. The first-order valence-corrected chi connectivity index (χ1v) is 3.63. The fraction of sp³-hybridized carbons (Fsp3) is 0.857. The van der Waals surface area contributed by atoms with Crippen LogP contribution in [0.25, 0.3) is 0 Å². The lowest BCUT2D eigenvalue weighted by atomic mass is 9.96. The highest BCUT2D eigenvalue weighted by Gasteiger charge is 2.53. The summed E-state index contributed by atoms with van der Waals surface area (Å²) in [4.78, 5) is 15.4. The lowest BCUT2D eigenvalue weighted by Gasteiger charge is -2.19. The summed E-state index contributed by atoms with van der Waals surface area (Å²) in [7, 11) is 0. The van der Waals surface area contributed by atoms with Gasteiger partial charge in [0.1, 0.15) is 0 Å². The largest absolute Gasteiger partial charge is 0.296 e. The quantitative estimate of drug-likeness (QED) is 0.438. The Hall–Kier alpha value is -0.410. The van der Waals surface area contributed by atoms with E-state index in [-0.39, 0.29) is 5.78 Å². The Morgan fingerprint density at radius 1 is 1.70 bits per heavy atom. The van der Waals surface area contributed by atoms with Gasteiger partial charge in [0, 0.05) is 6.42 Å². The molecule has 1 N–H and O–H groups in total. The number of fused-ring (bicyclic) bond motifs is 2. The minimum Gasteiger partial charge on any atom is -0.296 e. The molecule has 0 spiro atoms. The van der Waals surface area contributed by atoms with E-state index in [9.17, 15) is 4.79 Å². The molecular formula is C7H10O3. The number of carbonyl (C=O) groups excluding carboxylic acids is 1. The lowest BCUT2D eigenvalue weighted by molar-refractivity contribution is -0.307. The maximum atomic E-state index is 11.1. The fourth-order valence-corrected chi connectivity index (χ4v) is 2.12. The average Bonchev–Trinajstić information content (AvgIpc) is 2.44. The van der Waals surface area contributed by atoms with Crippen LogP contribution in [0.4, 0.5) is 0 Å². The van der Waals surface area contributed by atoms with Crippen LogP contribution in [0.1, 0.15) is 25.7 Å². The van der Waals surface area contributed by atoms with Crippen molar-refractivity contribution in [2.45, 2.75) is 31.3 Å². The standard InChI is InChI=1S/C7H10O3/c8-6-3-5-1-2-7(6,4-5)10-9/h5,9H,1-4H2. The van der Waals surface area contributed by atoms with Crippen LogP contribution >= 0.6 is 0 Å². The second kappa shape index (κ2) is 1.80. The normalized spacial score (nSPS) is 44.9. The number of Topliss-reactive ketones (excluding diaryl/α,β-unsaturated/α-hetero) is 1. The predicted octanol–water partition coefficient (Wildman–Crippen LogP) is 0.988. The van der Waals surface area contributed by atoms with Crippen LogP contribution in [0.3, 0.4) is 0 Å². The zero-order valence-electron chi connectivity index (χ0n) is 5.67. The molecule has 0 heterocycles. The summed E-state index contributed by atoms with van der Waals surface area (Å²) in [5.41, 5.74) is -0.773. The summed E-state index contributed by atoms with van der Waals surface area (Å²) in [6, 6.07) is 0. The van der Waals surface area contributed by atoms with Gasteiger partial charge >= 0.3 is 0 Å². The Morgan fingerprint density at radius 3 is 2.80 bits per heavy atom. The third-order valence-corrected chi connectivity index (χ3v) is 2.73. The highest BCUT2D eigenvalue weighted by atomic mass is 17.1. The van der Waals surface area contributed by atoms with E-state index in [1.165, 1.54) is 0 Å². The van der Waals surface area contributed by atoms with Gasteiger partial charge in [-0.15, -0.1) is 0 Å². The smallest absolute Gasteiger partial charge is 0.168 e. The van der Waals surface area contributed by atoms with Crippen molar-refractivity contribution in [3.8, 4) is 0 Å². The molecule has 0 aliphatic heterocycles. The van der Waals surface area contributed by atoms with Gasteiger partial charge in [0.15, 0.2) is 11.4 Å². The summed E-state index contributed by atoms with van der Waals surface area (Å²) < 4.78 is 0. The van der Waals surface area contributed by atoms with Crippen molar-refractivity contribution in [3.63, 3.8) is 0 Å². The topological polar surface area (TPSA) is 46.5 Å². The van der Waals surface area contributed by atoms with E-state index < -0.39 is 5.60 Å². The summed E-state index contributed by atoms with van der Waals surface area (Å²) in [5.74, 6) is 0.575. The van der Waals surface area contributed by atoms with Crippen LogP contribution in [0.15, 0.2) is 0 Å². The molecule has 2 aliphatic carbocycles. The minimum atomic E-state index is -0.773. The van der Waals surface area contributed by atoms with Gasteiger partial charge in [0.2, 0.25) is 0 Å². The Morgan fingerprint density at radius 2 is 2.50 bits per heavy atom. The number of hydrogen-bond acceptors (Lipinski definition) is 3. The second-order valence-electron chi connectivity index (χ2n) is 3.32. The molecule has 3 heteroatoms. The maximum absolute atomic E-state index is 11.1. The predicted molar refractivity (Wildman–Crippen MR) is 33.4 cm³/mol. The number of ketones is 1. The third kappa shape index (κ3) is 0.592. The Bertz CT molecular complexity index is 178. The van der Waals surface area contributed by atoms with E-state index in [2.05, 4.69) is 4.89 Å². The van der Waals surface area contributed by atoms with E-state index in [1.807, 2.05) is 0 Å². The van der Waals surface area contributed by atoms with Gasteiger partial charge in [0.25, 0.3) is 0 Å². The Labute approximate surface area is 58.9 Å². The Balaban J connectivity index is 2.27. The van der Waals surface area contributed by atoms with E-state index in [1.54, 1.807) is 0 Å². The SMILES string of the molecule is O=C1CC2CCC1(OO)C2. The van der Waals surface area contributed by atoms with Crippen LogP contribution in [-0.2, 0) is 9.68 Å². The molecule has 3 nitrogen and oxygen atoms in total. The maximum Gasteiger partial charge on any atom is 0.168 e. The van der Waals surface area contributed by atoms with Gasteiger partial charge in [0.05, 0.1) is 0 Å². The van der Waals surface area contributed by atoms with Crippen molar-refractivity contribution in [2.24, 2.45) is 5.92 Å². The number of carbonyl (C=O) groups is 1. The van der Waals surface area contributed by atoms with E-state index in [0.29, 0.717) is 18.8 Å². The molecule has 2 atom stereocenters. The molecule has 2 rings (SSSR count). The van der Waals surface area contributed by atoms with Crippen molar-refractivity contribution in [1.29, 1.82) is 0 Å². The van der Waals surface area contributed by atoms with Crippen LogP contribution in [0, 0.1) is 5.92 Å². The molecule has 56 valence electrons. The van der Waals surface area contributed by atoms with Crippen LogP contribution in [0.2, 0.25) is 0 Å².